The monoisotopic (exact) mass is 1660 g/mol. The number of amides is 1. The number of carbonyl (C=O) groups excluding carboxylic acids is 1. The van der Waals surface area contributed by atoms with E-state index in [9.17, 15) is 50.5 Å². The Balaban J connectivity index is 0.000000194. The number of anilines is 5. The van der Waals surface area contributed by atoms with E-state index in [1.54, 1.807) is 137 Å². The summed E-state index contributed by atoms with van der Waals surface area (Å²) < 4.78 is 98.6. The van der Waals surface area contributed by atoms with Crippen molar-refractivity contribution in [2.75, 3.05) is 50.3 Å². The number of hydrogen-bond acceptors (Lipinski definition) is 33. The van der Waals surface area contributed by atoms with Crippen LogP contribution in [0.3, 0.4) is 0 Å². The Labute approximate surface area is 657 Å². The summed E-state index contributed by atoms with van der Waals surface area (Å²) in [4.78, 5) is 20.2. The Hall–Kier alpha value is -11.6. The van der Waals surface area contributed by atoms with Crippen LogP contribution in [-0.2, 0) is 40.3 Å². The molecule has 0 aliphatic rings. The maximum absolute atomic E-state index is 11.6. The van der Waals surface area contributed by atoms with E-state index in [1.807, 2.05) is 26.8 Å². The van der Waals surface area contributed by atoms with Gasteiger partial charge in [-0.2, -0.15) is 38.0 Å². The van der Waals surface area contributed by atoms with Crippen LogP contribution in [0, 0.1) is 50.4 Å². The van der Waals surface area contributed by atoms with Crippen LogP contribution in [0.2, 0.25) is 10.0 Å². The molecule has 9 N–H and O–H groups in total. The second kappa shape index (κ2) is 37.0. The molecule has 7 aromatic carbocycles. The first-order valence-electron chi connectivity index (χ1n) is 31.5. The number of nitrogens with zero attached hydrogens (tertiary/aromatic N) is 16. The molecule has 42 heteroatoms. The Kier molecular flexibility index (Phi) is 28.3. The summed E-state index contributed by atoms with van der Waals surface area (Å²) in [6.45, 7) is 14.1. The molecular weight excluding hydrogens is 1600 g/mol. The molecule has 0 spiro atoms. The van der Waals surface area contributed by atoms with E-state index < -0.39 is 35.5 Å². The predicted molar refractivity (Wildman–Crippen MR) is 426 cm³/mol. The van der Waals surface area contributed by atoms with Gasteiger partial charge in [-0.05, 0) is 158 Å². The highest BCUT2D eigenvalue weighted by Crippen LogP contribution is 2.42. The number of nitriles is 2. The molecule has 4 aromatic heterocycles. The zero-order chi connectivity index (χ0) is 80.4. The van der Waals surface area contributed by atoms with E-state index in [0.29, 0.717) is 112 Å². The summed E-state index contributed by atoms with van der Waals surface area (Å²) >= 11 is 15.8. The molecule has 0 saturated carbocycles. The molecular formula is C68H65Cl2N21O12S7. The largest absolute Gasteiger partial charge is 0.508 e. The summed E-state index contributed by atoms with van der Waals surface area (Å²) in [6.07, 6.45) is 3.18. The minimum Gasteiger partial charge on any atom is -0.508 e. The molecule has 110 heavy (non-hydrogen) atoms. The number of sulfonamides is 3. The van der Waals surface area contributed by atoms with Crippen molar-refractivity contribution in [2.24, 2.45) is 40.9 Å². The number of nitrogens with one attached hydrogen (secondary N) is 5. The first-order valence-corrected chi connectivity index (χ1v) is 41.0. The molecule has 11 aromatic rings. The van der Waals surface area contributed by atoms with Gasteiger partial charge in [0.15, 0.2) is 34.1 Å². The number of rotatable bonds is 21. The number of phenols is 4. The number of ether oxygens (including phenoxy) is 1. The van der Waals surface area contributed by atoms with Crippen LogP contribution in [0.4, 0.5) is 71.5 Å². The van der Waals surface area contributed by atoms with E-state index in [0.717, 1.165) is 70.5 Å². The third-order valence-corrected chi connectivity index (χ3v) is 19.2. The quantitative estimate of drug-likeness (QED) is 0.0183. The number of phenolic OH excluding ortho intramolecular Hbond substituents is 4. The standard InChI is InChI=1S/C24H25N7O6S3.C21H24N6O4S2.C12H10N4OS.C11H6Cl2N4OS/c1-15-11-18(13-20(22(15)32)25-14-37-21-10-5-4-9-19(21)31-40(3,35)36)27-28-24-26-23(29-38-24)16-7-6-8-17(12-16)30-39(2,33)34;1-12(28)22-17-11-15(10-16(18(17)29)21(2,3)4)24-25-20-23-19(26-32-20)13-7-6-8-14(9-13)27-33(5,30)31;1-7-5-9(3-4-11(7)17)14-15-12-10(6-13)8(2)16-18-12;1-5-7(4-14)11(19-17-5)16-15-6-2-8(12)10(18)9(13)3-6/h4-13,25,30-32H,14H2,1-3H3;6-11,27,29H,1-5H3,(H,22,28);3-5,17H,1-2H3;2-3,18H,1H3. The molecule has 0 unspecified atom stereocenters. The normalized spacial score (nSPS) is 11.6. The zero-order valence-electron chi connectivity index (χ0n) is 59.7. The number of aryl methyl sites for hydroxylation is 4. The lowest BCUT2D eigenvalue weighted by Crippen LogP contribution is -2.13. The Bertz CT molecular complexity index is 5790. The number of hydrogen-bond donors (Lipinski definition) is 9. The average Bonchev–Trinajstić information content (AvgIpc) is 0.808. The third-order valence-electron chi connectivity index (χ3n) is 14.0. The fourth-order valence-corrected chi connectivity index (χ4v) is 13.5. The van der Waals surface area contributed by atoms with E-state index in [2.05, 4.69) is 99.2 Å². The lowest BCUT2D eigenvalue weighted by molar-refractivity contribution is -0.114. The highest BCUT2D eigenvalue weighted by Gasteiger charge is 2.23. The van der Waals surface area contributed by atoms with Crippen LogP contribution in [0.25, 0.3) is 22.8 Å². The Morgan fingerprint density at radius 3 is 1.48 bits per heavy atom. The minimum absolute atomic E-state index is 0.00844. The Morgan fingerprint density at radius 2 is 0.991 bits per heavy atom. The average molecular weight is 1660 g/mol. The van der Waals surface area contributed by atoms with Gasteiger partial charge in [-0.3, -0.25) is 19.0 Å². The fraction of sp³-hybridized carbons (Fsp3) is 0.191. The van der Waals surface area contributed by atoms with Gasteiger partial charge >= 0.3 is 0 Å². The van der Waals surface area contributed by atoms with Gasteiger partial charge in [0.25, 0.3) is 0 Å². The van der Waals surface area contributed by atoms with Crippen LogP contribution in [0.15, 0.2) is 168 Å². The number of halogens is 2. The van der Waals surface area contributed by atoms with E-state index in [4.69, 9.17) is 38.5 Å². The van der Waals surface area contributed by atoms with Crippen LogP contribution < -0.4 is 29.5 Å². The first-order chi connectivity index (χ1) is 51.8. The summed E-state index contributed by atoms with van der Waals surface area (Å²) in [5, 5.41) is 97.6. The van der Waals surface area contributed by atoms with Crippen LogP contribution in [0.5, 0.6) is 28.7 Å². The summed E-state index contributed by atoms with van der Waals surface area (Å²) in [6, 6.07) is 38.2. The number of aromatic hydroxyl groups is 4. The maximum atomic E-state index is 11.6. The van der Waals surface area contributed by atoms with Crippen LogP contribution >= 0.6 is 69.3 Å². The molecule has 4 heterocycles. The van der Waals surface area contributed by atoms with Gasteiger partial charge in [-0.15, -0.1) is 40.9 Å². The fourth-order valence-electron chi connectivity index (χ4n) is 9.00. The molecule has 0 radical (unpaired) electrons. The number of azo groups is 4. The first kappa shape index (κ1) is 84.0. The maximum Gasteiger partial charge on any atom is 0.249 e. The number of benzene rings is 7. The van der Waals surface area contributed by atoms with E-state index >= 15 is 0 Å². The summed E-state index contributed by atoms with van der Waals surface area (Å²) in [7, 11) is -10.3. The molecule has 0 aliphatic heterocycles. The second-order valence-electron chi connectivity index (χ2n) is 24.2. The smallest absolute Gasteiger partial charge is 0.249 e. The van der Waals surface area contributed by atoms with Crippen molar-refractivity contribution >= 4 is 177 Å². The number of aromatic nitrogens is 6. The molecule has 0 saturated heterocycles. The van der Waals surface area contributed by atoms with Crippen molar-refractivity contribution in [3.8, 4) is 63.7 Å². The third kappa shape index (κ3) is 25.0. The lowest BCUT2D eigenvalue weighted by atomic mass is 9.85. The van der Waals surface area contributed by atoms with Crippen molar-refractivity contribution in [3.05, 3.63) is 177 Å². The van der Waals surface area contributed by atoms with Crippen molar-refractivity contribution in [1.82, 2.24) is 27.5 Å². The van der Waals surface area contributed by atoms with E-state index in [1.165, 1.54) is 25.1 Å². The summed E-state index contributed by atoms with van der Waals surface area (Å²) in [5.74, 6) is 0.726. The van der Waals surface area contributed by atoms with Crippen molar-refractivity contribution in [3.63, 3.8) is 0 Å². The van der Waals surface area contributed by atoms with Gasteiger partial charge in [-0.1, -0.05) is 80.4 Å². The topological polar surface area (TPSA) is 494 Å². The van der Waals surface area contributed by atoms with Gasteiger partial charge in [0.1, 0.15) is 46.3 Å². The van der Waals surface area contributed by atoms with Crippen LogP contribution in [-0.4, -0.2) is 105 Å². The molecule has 1 amide bonds. The molecule has 0 aliphatic carbocycles. The van der Waals surface area contributed by atoms with Gasteiger partial charge in [0.2, 0.25) is 46.2 Å². The molecule has 0 fully saturated rings. The molecule has 0 bridgehead atoms. The van der Waals surface area contributed by atoms with Crippen molar-refractivity contribution < 1.29 is 55.2 Å². The lowest BCUT2D eigenvalue weighted by Gasteiger charge is -2.22. The molecule has 11 rings (SSSR count). The van der Waals surface area contributed by atoms with Crippen molar-refractivity contribution in [2.45, 2.75) is 60.8 Å². The summed E-state index contributed by atoms with van der Waals surface area (Å²) in [5.41, 5.74) is 8.32. The number of para-hydroxylation sites is 2. The minimum atomic E-state index is -3.49. The highest BCUT2D eigenvalue weighted by molar-refractivity contribution is 7.92. The van der Waals surface area contributed by atoms with Crippen LogP contribution in [0.1, 0.15) is 66.9 Å². The second-order valence-corrected chi connectivity index (χ2v) is 33.2. The predicted octanol–water partition coefficient (Wildman–Crippen LogP) is 18.3. The van der Waals surface area contributed by atoms with Crippen molar-refractivity contribution in [1.29, 1.82) is 10.5 Å². The number of carbonyl (C=O) groups is 1. The molecule has 570 valence electrons. The van der Waals surface area contributed by atoms with E-state index in [-0.39, 0.29) is 67.3 Å². The molecule has 33 nitrogen and oxygen atoms in total. The van der Waals surface area contributed by atoms with Gasteiger partial charge < -0.3 is 35.8 Å². The molecule has 0 atom stereocenters. The highest BCUT2D eigenvalue weighted by atomic mass is 35.5. The van der Waals surface area contributed by atoms with Gasteiger partial charge in [-0.25, -0.2) is 25.3 Å². The van der Waals surface area contributed by atoms with Gasteiger partial charge in [0.05, 0.1) is 80.0 Å². The van der Waals surface area contributed by atoms with Gasteiger partial charge in [0, 0.05) is 58.1 Å². The zero-order valence-corrected chi connectivity index (χ0v) is 66.9. The Morgan fingerprint density at radius 1 is 0.518 bits per heavy atom. The SMILES string of the molecule is CC(=O)Nc1cc(N=Nc2nc(-c3cccc(NS(C)(=O)=O)c3)ns2)cc(C(C)(C)C)c1O.Cc1cc(N=Nc2nc(-c3cccc(NS(C)(=O)=O)c3)ns2)cc(NCOc2ccccc2NS(C)(=O)=O)c1O.Cc1cc(N=Nc2snc(C)c2C#N)ccc1O.Cc1nsc(N=Nc2cc(Cl)c(O)c(Cl)c2)c1C#N.